The summed E-state index contributed by atoms with van der Waals surface area (Å²) in [5.74, 6) is 0.163. The highest BCUT2D eigenvalue weighted by atomic mass is 35.5. The molecule has 3 nitrogen and oxygen atoms in total. The molecular weight excluding hydrogens is 295 g/mol. The van der Waals surface area contributed by atoms with Crippen LogP contribution in [0.15, 0.2) is 18.2 Å². The van der Waals surface area contributed by atoms with E-state index < -0.39 is 0 Å². The smallest absolute Gasteiger partial charge is 0.254 e. The fourth-order valence-electron chi connectivity index (χ4n) is 3.24. The van der Waals surface area contributed by atoms with Crippen molar-refractivity contribution in [1.82, 2.24) is 10.2 Å². The largest absolute Gasteiger partial charge is 0.331 e. The van der Waals surface area contributed by atoms with Crippen LogP contribution in [-0.4, -0.2) is 36.0 Å². The molecule has 2 saturated heterocycles. The number of hydrogen-bond donors (Lipinski definition) is 1. The monoisotopic (exact) mass is 314 g/mol. The molecule has 1 N–H and O–H groups in total. The predicted octanol–water partition coefficient (Wildman–Crippen LogP) is 3.04. The normalized spacial score (nSPS) is 25.0. The Bertz CT molecular complexity index is 493. The number of aryl methyl sites for hydroxylation is 1. The number of fused-ring (bicyclic) bond motifs is 2. The van der Waals surface area contributed by atoms with E-state index in [-0.39, 0.29) is 18.3 Å². The molecule has 2 heterocycles. The van der Waals surface area contributed by atoms with Crippen LogP contribution < -0.4 is 5.32 Å². The number of halogens is 2. The van der Waals surface area contributed by atoms with Gasteiger partial charge in [0.25, 0.3) is 5.91 Å². The van der Waals surface area contributed by atoms with Crippen LogP contribution in [-0.2, 0) is 0 Å². The molecule has 0 radical (unpaired) electrons. The molecule has 2 bridgehead atoms. The topological polar surface area (TPSA) is 32.3 Å². The maximum absolute atomic E-state index is 12.7. The van der Waals surface area contributed by atoms with Crippen molar-refractivity contribution in [3.63, 3.8) is 0 Å². The van der Waals surface area contributed by atoms with Crippen molar-refractivity contribution in [3.05, 3.63) is 34.3 Å². The lowest BCUT2D eigenvalue weighted by molar-refractivity contribution is 0.0680. The Kier molecular flexibility index (Phi) is 4.95. The molecule has 2 aliphatic heterocycles. The van der Waals surface area contributed by atoms with E-state index in [2.05, 4.69) is 10.2 Å². The van der Waals surface area contributed by atoms with Gasteiger partial charge in [0.1, 0.15) is 0 Å². The van der Waals surface area contributed by atoms with Gasteiger partial charge < -0.3 is 10.2 Å². The van der Waals surface area contributed by atoms with Crippen LogP contribution in [0.2, 0.25) is 5.02 Å². The Balaban J connectivity index is 0.00000147. The zero-order valence-corrected chi connectivity index (χ0v) is 13.1. The zero-order chi connectivity index (χ0) is 13.4. The minimum atomic E-state index is 0. The maximum atomic E-state index is 12.7. The summed E-state index contributed by atoms with van der Waals surface area (Å²) in [5.41, 5.74) is 1.73. The molecule has 0 aliphatic carbocycles. The summed E-state index contributed by atoms with van der Waals surface area (Å²) < 4.78 is 0. The van der Waals surface area contributed by atoms with Crippen molar-refractivity contribution in [2.24, 2.45) is 0 Å². The van der Waals surface area contributed by atoms with Crippen molar-refractivity contribution in [1.29, 1.82) is 0 Å². The highest BCUT2D eigenvalue weighted by Gasteiger charge is 2.38. The first-order valence-electron chi connectivity index (χ1n) is 6.96. The average molecular weight is 315 g/mol. The van der Waals surface area contributed by atoms with Gasteiger partial charge in [-0.2, -0.15) is 0 Å². The third-order valence-corrected chi connectivity index (χ3v) is 4.72. The van der Waals surface area contributed by atoms with Gasteiger partial charge in [-0.1, -0.05) is 11.6 Å². The summed E-state index contributed by atoms with van der Waals surface area (Å²) in [4.78, 5) is 14.8. The molecule has 5 heteroatoms. The fourth-order valence-corrected chi connectivity index (χ4v) is 3.36. The van der Waals surface area contributed by atoms with E-state index in [0.717, 1.165) is 48.5 Å². The SMILES string of the molecule is Cc1cc(C(=O)N2C3CCNCC2CC3)ccc1Cl.Cl. The molecule has 2 atom stereocenters. The van der Waals surface area contributed by atoms with Crippen LogP contribution in [0.5, 0.6) is 0 Å². The summed E-state index contributed by atoms with van der Waals surface area (Å²) in [5, 5.41) is 4.14. The van der Waals surface area contributed by atoms with Crippen LogP contribution >= 0.6 is 24.0 Å². The molecular formula is C15H20Cl2N2O. The number of benzene rings is 1. The van der Waals surface area contributed by atoms with Gasteiger partial charge in [0.15, 0.2) is 0 Å². The molecule has 3 rings (SSSR count). The lowest BCUT2D eigenvalue weighted by atomic mass is 10.1. The lowest BCUT2D eigenvalue weighted by Gasteiger charge is -2.28. The Morgan fingerprint density at radius 1 is 1.30 bits per heavy atom. The number of carbonyl (C=O) groups is 1. The quantitative estimate of drug-likeness (QED) is 0.864. The van der Waals surface area contributed by atoms with Gasteiger partial charge >= 0.3 is 0 Å². The van der Waals surface area contributed by atoms with Gasteiger partial charge in [-0.15, -0.1) is 12.4 Å². The van der Waals surface area contributed by atoms with Crippen LogP contribution in [0.1, 0.15) is 35.2 Å². The van der Waals surface area contributed by atoms with Gasteiger partial charge in [-0.05, 0) is 56.5 Å². The number of nitrogens with one attached hydrogen (secondary N) is 1. The second-order valence-electron chi connectivity index (χ2n) is 5.55. The van der Waals surface area contributed by atoms with Crippen molar-refractivity contribution in [2.45, 2.75) is 38.3 Å². The van der Waals surface area contributed by atoms with E-state index in [9.17, 15) is 4.79 Å². The third-order valence-electron chi connectivity index (χ3n) is 4.29. The van der Waals surface area contributed by atoms with Crippen LogP contribution in [0.25, 0.3) is 0 Å². The standard InChI is InChI=1S/C15H19ClN2O.ClH/c1-10-8-11(2-5-14(10)16)15(19)18-12-3-4-13(18)9-17-7-6-12;/h2,5,8,12-13,17H,3-4,6-7,9H2,1H3;1H. The van der Waals surface area contributed by atoms with Crippen molar-refractivity contribution in [2.75, 3.05) is 13.1 Å². The van der Waals surface area contributed by atoms with Gasteiger partial charge in [0, 0.05) is 29.2 Å². The first kappa shape index (κ1) is 15.6. The van der Waals surface area contributed by atoms with E-state index in [4.69, 9.17) is 11.6 Å². The molecule has 2 aliphatic rings. The third kappa shape index (κ3) is 2.80. The molecule has 110 valence electrons. The number of rotatable bonds is 1. The Labute approximate surface area is 131 Å². The molecule has 1 aromatic carbocycles. The van der Waals surface area contributed by atoms with Crippen molar-refractivity contribution < 1.29 is 4.79 Å². The summed E-state index contributed by atoms with van der Waals surface area (Å²) in [6.45, 7) is 3.89. The molecule has 1 aromatic rings. The molecule has 0 saturated carbocycles. The van der Waals surface area contributed by atoms with Gasteiger partial charge in [0.2, 0.25) is 0 Å². The minimum absolute atomic E-state index is 0. The van der Waals surface area contributed by atoms with E-state index in [1.165, 1.54) is 0 Å². The van der Waals surface area contributed by atoms with Crippen molar-refractivity contribution in [3.8, 4) is 0 Å². The molecule has 0 aromatic heterocycles. The van der Waals surface area contributed by atoms with E-state index in [1.54, 1.807) is 0 Å². The first-order valence-corrected chi connectivity index (χ1v) is 7.34. The fraction of sp³-hybridized carbons (Fsp3) is 0.533. The summed E-state index contributed by atoms with van der Waals surface area (Å²) in [6, 6.07) is 6.33. The summed E-state index contributed by atoms with van der Waals surface area (Å²) in [6.07, 6.45) is 3.33. The second-order valence-corrected chi connectivity index (χ2v) is 5.96. The molecule has 2 unspecified atom stereocenters. The van der Waals surface area contributed by atoms with E-state index >= 15 is 0 Å². The lowest BCUT2D eigenvalue weighted by Crippen LogP contribution is -2.42. The Morgan fingerprint density at radius 3 is 2.80 bits per heavy atom. The highest BCUT2D eigenvalue weighted by Crippen LogP contribution is 2.30. The van der Waals surface area contributed by atoms with Gasteiger partial charge in [0.05, 0.1) is 0 Å². The Hall–Kier alpha value is -0.770. The van der Waals surface area contributed by atoms with Crippen LogP contribution in [0.3, 0.4) is 0 Å². The molecule has 2 fully saturated rings. The van der Waals surface area contributed by atoms with Gasteiger partial charge in [-0.25, -0.2) is 0 Å². The molecule has 1 amide bonds. The molecule has 0 spiro atoms. The van der Waals surface area contributed by atoms with E-state index in [0.29, 0.717) is 12.1 Å². The molecule has 20 heavy (non-hydrogen) atoms. The average Bonchev–Trinajstić information content (AvgIpc) is 2.65. The summed E-state index contributed by atoms with van der Waals surface area (Å²) >= 11 is 6.03. The minimum Gasteiger partial charge on any atom is -0.331 e. The number of nitrogens with zero attached hydrogens (tertiary/aromatic N) is 1. The van der Waals surface area contributed by atoms with Gasteiger partial charge in [-0.3, -0.25) is 4.79 Å². The second kappa shape index (κ2) is 6.33. The first-order chi connectivity index (χ1) is 9.16. The maximum Gasteiger partial charge on any atom is 0.254 e. The van der Waals surface area contributed by atoms with Crippen LogP contribution in [0.4, 0.5) is 0 Å². The zero-order valence-electron chi connectivity index (χ0n) is 11.6. The van der Waals surface area contributed by atoms with Crippen LogP contribution in [0, 0.1) is 6.92 Å². The Morgan fingerprint density at radius 2 is 2.05 bits per heavy atom. The highest BCUT2D eigenvalue weighted by molar-refractivity contribution is 6.31. The van der Waals surface area contributed by atoms with Crippen molar-refractivity contribution >= 4 is 29.9 Å². The number of amides is 1. The summed E-state index contributed by atoms with van der Waals surface area (Å²) in [7, 11) is 0. The number of hydrogen-bond acceptors (Lipinski definition) is 2. The van der Waals surface area contributed by atoms with E-state index in [1.807, 2.05) is 25.1 Å². The predicted molar refractivity (Wildman–Crippen MR) is 83.9 cm³/mol. The number of carbonyl (C=O) groups excluding carboxylic acids is 1.